The van der Waals surface area contributed by atoms with Crippen molar-refractivity contribution >= 4 is 5.91 Å². The Labute approximate surface area is 116 Å². The van der Waals surface area contributed by atoms with E-state index in [1.807, 2.05) is 0 Å². The molecule has 7 heteroatoms. The summed E-state index contributed by atoms with van der Waals surface area (Å²) in [4.78, 5) is 13.7. The highest BCUT2D eigenvalue weighted by molar-refractivity contribution is 5.76. The number of nitrogens with two attached hydrogens (primary N) is 1. The van der Waals surface area contributed by atoms with E-state index in [1.165, 1.54) is 0 Å². The number of fused-ring (bicyclic) bond motifs is 1. The van der Waals surface area contributed by atoms with Crippen LogP contribution in [0.1, 0.15) is 25.7 Å². The van der Waals surface area contributed by atoms with Crippen LogP contribution in [-0.2, 0) is 9.53 Å². The van der Waals surface area contributed by atoms with Gasteiger partial charge in [0.1, 0.15) is 6.61 Å². The number of carbonyl (C=O) groups excluding carboxylic acids is 1. The van der Waals surface area contributed by atoms with E-state index in [2.05, 4.69) is 4.74 Å². The van der Waals surface area contributed by atoms with E-state index in [1.54, 1.807) is 4.90 Å². The first kappa shape index (κ1) is 15.6. The molecular formula is C13H21F3N2O2. The Morgan fingerprint density at radius 1 is 1.30 bits per heavy atom. The molecule has 1 aliphatic heterocycles. The number of alkyl halides is 3. The summed E-state index contributed by atoms with van der Waals surface area (Å²) in [7, 11) is 0. The van der Waals surface area contributed by atoms with Crippen molar-refractivity contribution in [2.24, 2.45) is 17.6 Å². The first-order valence-corrected chi connectivity index (χ1v) is 7.04. The third-order valence-corrected chi connectivity index (χ3v) is 4.23. The molecule has 2 N–H and O–H groups in total. The van der Waals surface area contributed by atoms with Gasteiger partial charge in [-0.15, -0.1) is 0 Å². The molecule has 2 aliphatic rings. The molecule has 0 bridgehead atoms. The number of hydrogen-bond donors (Lipinski definition) is 1. The van der Waals surface area contributed by atoms with Crippen LogP contribution in [0.5, 0.6) is 0 Å². The van der Waals surface area contributed by atoms with Gasteiger partial charge in [0.2, 0.25) is 5.91 Å². The molecule has 1 saturated carbocycles. The Kier molecular flexibility index (Phi) is 4.90. The van der Waals surface area contributed by atoms with Crippen LogP contribution < -0.4 is 5.73 Å². The topological polar surface area (TPSA) is 55.6 Å². The van der Waals surface area contributed by atoms with Gasteiger partial charge in [0.25, 0.3) is 0 Å². The highest BCUT2D eigenvalue weighted by Gasteiger charge is 2.40. The van der Waals surface area contributed by atoms with E-state index in [0.717, 1.165) is 19.3 Å². The second-order valence-corrected chi connectivity index (χ2v) is 5.74. The number of amides is 1. The van der Waals surface area contributed by atoms with Crippen molar-refractivity contribution in [1.82, 2.24) is 4.90 Å². The first-order valence-electron chi connectivity index (χ1n) is 7.04. The molecule has 1 aliphatic carbocycles. The van der Waals surface area contributed by atoms with Gasteiger partial charge in [0.15, 0.2) is 0 Å². The Balaban J connectivity index is 1.71. The smallest absolute Gasteiger partial charge is 0.372 e. The highest BCUT2D eigenvalue weighted by atomic mass is 19.4. The van der Waals surface area contributed by atoms with Gasteiger partial charge in [-0.3, -0.25) is 4.79 Å². The molecule has 0 aromatic rings. The van der Waals surface area contributed by atoms with Crippen LogP contribution in [0.25, 0.3) is 0 Å². The van der Waals surface area contributed by atoms with Crippen molar-refractivity contribution in [3.05, 3.63) is 0 Å². The van der Waals surface area contributed by atoms with Gasteiger partial charge in [-0.25, -0.2) is 0 Å². The van der Waals surface area contributed by atoms with E-state index in [9.17, 15) is 18.0 Å². The average molecular weight is 294 g/mol. The fourth-order valence-corrected chi connectivity index (χ4v) is 3.23. The molecule has 2 rings (SSSR count). The van der Waals surface area contributed by atoms with Gasteiger partial charge < -0.3 is 15.4 Å². The molecule has 0 aromatic carbocycles. The zero-order chi connectivity index (χ0) is 14.8. The predicted molar refractivity (Wildman–Crippen MR) is 66.9 cm³/mol. The van der Waals surface area contributed by atoms with Gasteiger partial charge in [0, 0.05) is 19.1 Å². The van der Waals surface area contributed by atoms with E-state index in [-0.39, 0.29) is 25.0 Å². The fourth-order valence-electron chi connectivity index (χ4n) is 3.23. The molecular weight excluding hydrogens is 273 g/mol. The maximum atomic E-state index is 11.9. The van der Waals surface area contributed by atoms with Crippen LogP contribution in [-0.4, -0.2) is 49.3 Å². The Hall–Kier alpha value is -0.820. The zero-order valence-electron chi connectivity index (χ0n) is 11.4. The first-order chi connectivity index (χ1) is 9.37. The third kappa shape index (κ3) is 4.09. The van der Waals surface area contributed by atoms with E-state index in [4.69, 9.17) is 5.73 Å². The summed E-state index contributed by atoms with van der Waals surface area (Å²) in [5, 5.41) is 0. The number of likely N-dealkylation sites (tertiary alicyclic amines) is 1. The van der Waals surface area contributed by atoms with Crippen molar-refractivity contribution in [2.45, 2.75) is 37.9 Å². The molecule has 0 aromatic heterocycles. The standard InChI is InChI=1S/C13H21F3N2O2/c14-13(15,16)8-20-5-4-12(19)18-6-9-2-1-3-11(17)10(9)7-18/h9-11H,1-8,17H2. The molecule has 0 spiro atoms. The maximum Gasteiger partial charge on any atom is 0.411 e. The predicted octanol–water partition coefficient (Wildman–Crippen LogP) is 1.54. The monoisotopic (exact) mass is 294 g/mol. The van der Waals surface area contributed by atoms with E-state index < -0.39 is 12.8 Å². The zero-order valence-corrected chi connectivity index (χ0v) is 11.4. The number of halogens is 3. The second-order valence-electron chi connectivity index (χ2n) is 5.74. The molecule has 0 radical (unpaired) electrons. The van der Waals surface area contributed by atoms with Crippen LogP contribution in [0.2, 0.25) is 0 Å². The Bertz CT molecular complexity index is 349. The maximum absolute atomic E-state index is 11.9. The summed E-state index contributed by atoms with van der Waals surface area (Å²) in [5.41, 5.74) is 6.06. The van der Waals surface area contributed by atoms with Crippen LogP contribution in [0.3, 0.4) is 0 Å². The number of hydrogen-bond acceptors (Lipinski definition) is 3. The minimum absolute atomic E-state index is 0.00472. The summed E-state index contributed by atoms with van der Waals surface area (Å²) in [6, 6.07) is 0.146. The minimum Gasteiger partial charge on any atom is -0.372 e. The van der Waals surface area contributed by atoms with Crippen molar-refractivity contribution in [1.29, 1.82) is 0 Å². The number of carbonyl (C=O) groups is 1. The van der Waals surface area contributed by atoms with Crippen molar-refractivity contribution in [2.75, 3.05) is 26.3 Å². The number of ether oxygens (including phenoxy) is 1. The molecule has 3 unspecified atom stereocenters. The van der Waals surface area contributed by atoms with Gasteiger partial charge in [0.05, 0.1) is 13.0 Å². The lowest BCUT2D eigenvalue weighted by Gasteiger charge is -2.29. The molecule has 1 heterocycles. The summed E-state index contributed by atoms with van der Waals surface area (Å²) in [6.45, 7) is -0.146. The molecule has 116 valence electrons. The highest BCUT2D eigenvalue weighted by Crippen LogP contribution is 2.35. The second kappa shape index (κ2) is 6.30. The molecule has 4 nitrogen and oxygen atoms in total. The van der Waals surface area contributed by atoms with Gasteiger partial charge in [-0.1, -0.05) is 6.42 Å². The number of rotatable bonds is 4. The Morgan fingerprint density at radius 3 is 2.70 bits per heavy atom. The molecule has 1 amide bonds. The number of nitrogens with zero attached hydrogens (tertiary/aromatic N) is 1. The van der Waals surface area contributed by atoms with Crippen molar-refractivity contribution < 1.29 is 22.7 Å². The van der Waals surface area contributed by atoms with Crippen molar-refractivity contribution in [3.8, 4) is 0 Å². The molecule has 20 heavy (non-hydrogen) atoms. The van der Waals surface area contributed by atoms with E-state index >= 15 is 0 Å². The van der Waals surface area contributed by atoms with Crippen LogP contribution in [0, 0.1) is 11.8 Å². The lowest BCUT2D eigenvalue weighted by Crippen LogP contribution is -2.38. The summed E-state index contributed by atoms with van der Waals surface area (Å²) in [6.07, 6.45) is -1.15. The van der Waals surface area contributed by atoms with Gasteiger partial charge in [-0.2, -0.15) is 13.2 Å². The normalized spacial score (nSPS) is 30.4. The fraction of sp³-hybridized carbons (Fsp3) is 0.923. The Morgan fingerprint density at radius 2 is 2.05 bits per heavy atom. The summed E-state index contributed by atoms with van der Waals surface area (Å²) < 4.78 is 40.1. The third-order valence-electron chi connectivity index (χ3n) is 4.23. The molecule has 2 fully saturated rings. The summed E-state index contributed by atoms with van der Waals surface area (Å²) >= 11 is 0. The SMILES string of the molecule is NC1CCCC2CN(C(=O)CCOCC(F)(F)F)CC12. The lowest BCUT2D eigenvalue weighted by atomic mass is 9.78. The molecule has 3 atom stereocenters. The van der Waals surface area contributed by atoms with Crippen LogP contribution >= 0.6 is 0 Å². The van der Waals surface area contributed by atoms with Crippen LogP contribution in [0.4, 0.5) is 13.2 Å². The minimum atomic E-state index is -4.33. The van der Waals surface area contributed by atoms with Gasteiger partial charge in [-0.05, 0) is 24.7 Å². The van der Waals surface area contributed by atoms with Crippen LogP contribution in [0.15, 0.2) is 0 Å². The summed E-state index contributed by atoms with van der Waals surface area (Å²) in [5.74, 6) is 0.677. The van der Waals surface area contributed by atoms with Crippen molar-refractivity contribution in [3.63, 3.8) is 0 Å². The lowest BCUT2D eigenvalue weighted by molar-refractivity contribution is -0.175. The largest absolute Gasteiger partial charge is 0.411 e. The van der Waals surface area contributed by atoms with E-state index in [0.29, 0.717) is 24.9 Å². The average Bonchev–Trinajstić information content (AvgIpc) is 2.79. The quantitative estimate of drug-likeness (QED) is 0.800. The molecule has 1 saturated heterocycles. The van der Waals surface area contributed by atoms with Gasteiger partial charge >= 0.3 is 6.18 Å².